The molecule has 0 aromatic heterocycles. The minimum absolute atomic E-state index is 0.0789. The Balaban J connectivity index is 1.31. The zero-order valence-electron chi connectivity index (χ0n) is 19.8. The number of rotatable bonds is 0. The first-order valence-corrected chi connectivity index (χ1v) is 13.4. The van der Waals surface area contributed by atoms with Gasteiger partial charge in [0.25, 0.3) is 0 Å². The van der Waals surface area contributed by atoms with Crippen LogP contribution in [0, 0.1) is 52.8 Å². The topological polar surface area (TPSA) is 60.8 Å². The fraction of sp³-hybridized carbons (Fsp3) is 0.963. The molecule has 0 bridgehead atoms. The van der Waals surface area contributed by atoms with Crippen LogP contribution < -0.4 is 0 Å². The Morgan fingerprint density at radius 1 is 0.903 bits per heavy atom. The van der Waals surface area contributed by atoms with E-state index in [1.165, 1.54) is 25.8 Å². The van der Waals surface area contributed by atoms with Crippen molar-refractivity contribution >= 4 is 5.78 Å². The summed E-state index contributed by atoms with van der Waals surface area (Å²) in [6.45, 7) is 9.23. The number of hydrogen-bond acceptors (Lipinski definition) is 4. The largest absolute Gasteiger partial charge is 0.393 e. The number of carbonyl (C=O) groups is 1. The summed E-state index contributed by atoms with van der Waals surface area (Å²) in [5, 5.41) is 22.1. The summed E-state index contributed by atoms with van der Waals surface area (Å²) in [5.74, 6) is 4.82. The van der Waals surface area contributed by atoms with E-state index in [0.29, 0.717) is 53.8 Å². The molecule has 174 valence electrons. The molecule has 2 heterocycles. The maximum Gasteiger partial charge on any atom is 0.136 e. The van der Waals surface area contributed by atoms with Gasteiger partial charge in [0.15, 0.2) is 0 Å². The molecule has 0 unspecified atom stereocenters. The standard InChI is InChI=1S/C27H43NO3/c1-15-4-7-25-27(3,31)21-6-5-17-18(20(21)14-28(25)13-15)11-22-19(17)12-24(30)23-10-16(29)8-9-26(22,23)2/h15-23,25,29,31H,4-14H2,1-3H3/t15-,16-,17+,18+,19-,20-,21+,22-,23+,25-,26+,27+/m0/s1. The van der Waals surface area contributed by atoms with Crippen molar-refractivity contribution in [1.82, 2.24) is 4.90 Å². The summed E-state index contributed by atoms with van der Waals surface area (Å²) in [6, 6.07) is 0.341. The number of hydrogen-bond donors (Lipinski definition) is 2. The van der Waals surface area contributed by atoms with Crippen molar-refractivity contribution in [3.8, 4) is 0 Å². The van der Waals surface area contributed by atoms with Gasteiger partial charge in [-0.25, -0.2) is 0 Å². The molecular weight excluding hydrogens is 386 g/mol. The van der Waals surface area contributed by atoms with E-state index in [-0.39, 0.29) is 17.4 Å². The molecule has 0 aromatic rings. The van der Waals surface area contributed by atoms with Crippen molar-refractivity contribution < 1.29 is 15.0 Å². The minimum atomic E-state index is -0.570. The SMILES string of the molecule is C[C@H]1CC[C@@H]2N(C1)C[C@H]1[C@@H]3C[C@H]4[C@@H](CC(=O)[C@H]5C[C@@H](O)CC[C@@]54C)[C@@H]3CC[C@H]1[C@@]2(C)O. The van der Waals surface area contributed by atoms with Gasteiger partial charge in [-0.1, -0.05) is 13.8 Å². The van der Waals surface area contributed by atoms with Crippen LogP contribution >= 0.6 is 0 Å². The number of Topliss-reactive ketones (excluding diaryl/α,β-unsaturated/α-hetero) is 1. The first-order chi connectivity index (χ1) is 14.7. The van der Waals surface area contributed by atoms with E-state index in [0.717, 1.165) is 44.6 Å². The van der Waals surface area contributed by atoms with Crippen LogP contribution in [0.4, 0.5) is 0 Å². The molecule has 4 aliphatic carbocycles. The van der Waals surface area contributed by atoms with Gasteiger partial charge in [-0.05, 0) is 105 Å². The van der Waals surface area contributed by atoms with E-state index in [1.807, 2.05) is 0 Å². The van der Waals surface area contributed by atoms with Gasteiger partial charge in [0, 0.05) is 31.5 Å². The average Bonchev–Trinajstić information content (AvgIpc) is 3.09. The van der Waals surface area contributed by atoms with Crippen molar-refractivity contribution in [3.05, 3.63) is 0 Å². The van der Waals surface area contributed by atoms with Gasteiger partial charge in [0.05, 0.1) is 11.7 Å². The molecule has 6 aliphatic rings. The second-order valence-corrected chi connectivity index (χ2v) is 13.2. The average molecular weight is 430 g/mol. The number of aliphatic hydroxyl groups excluding tert-OH is 1. The molecule has 4 heteroatoms. The number of piperidine rings is 2. The summed E-state index contributed by atoms with van der Waals surface area (Å²) in [5.41, 5.74) is -0.482. The molecule has 0 spiro atoms. The van der Waals surface area contributed by atoms with Gasteiger partial charge >= 0.3 is 0 Å². The Bertz CT molecular complexity index is 751. The predicted molar refractivity (Wildman–Crippen MR) is 120 cm³/mol. The molecule has 6 fully saturated rings. The number of ketones is 1. The lowest BCUT2D eigenvalue weighted by Gasteiger charge is -2.59. The van der Waals surface area contributed by atoms with Gasteiger partial charge in [-0.3, -0.25) is 9.69 Å². The maximum atomic E-state index is 13.2. The van der Waals surface area contributed by atoms with Gasteiger partial charge in [0.1, 0.15) is 5.78 Å². The number of carbonyl (C=O) groups excluding carboxylic acids is 1. The number of nitrogens with zero attached hydrogens (tertiary/aromatic N) is 1. The highest BCUT2D eigenvalue weighted by atomic mass is 16.3. The molecule has 2 N–H and O–H groups in total. The number of fused-ring (bicyclic) bond motifs is 8. The van der Waals surface area contributed by atoms with Gasteiger partial charge < -0.3 is 10.2 Å². The third-order valence-corrected chi connectivity index (χ3v) is 11.8. The quantitative estimate of drug-likeness (QED) is 0.613. The van der Waals surface area contributed by atoms with Gasteiger partial charge in [-0.2, -0.15) is 0 Å². The summed E-state index contributed by atoms with van der Waals surface area (Å²) in [4.78, 5) is 15.9. The van der Waals surface area contributed by atoms with E-state index in [4.69, 9.17) is 0 Å². The van der Waals surface area contributed by atoms with E-state index in [2.05, 4.69) is 25.7 Å². The summed E-state index contributed by atoms with van der Waals surface area (Å²) < 4.78 is 0. The predicted octanol–water partition coefficient (Wildman–Crippen LogP) is 3.89. The van der Waals surface area contributed by atoms with Gasteiger partial charge in [0.2, 0.25) is 0 Å². The van der Waals surface area contributed by atoms with Crippen molar-refractivity contribution in [1.29, 1.82) is 0 Å². The lowest BCUT2D eigenvalue weighted by atomic mass is 9.51. The van der Waals surface area contributed by atoms with Crippen LogP contribution in [0.5, 0.6) is 0 Å². The Morgan fingerprint density at radius 2 is 1.71 bits per heavy atom. The van der Waals surface area contributed by atoms with Crippen LogP contribution in [0.2, 0.25) is 0 Å². The van der Waals surface area contributed by atoms with Crippen LogP contribution in [0.15, 0.2) is 0 Å². The van der Waals surface area contributed by atoms with E-state index in [9.17, 15) is 15.0 Å². The molecule has 12 atom stereocenters. The van der Waals surface area contributed by atoms with E-state index >= 15 is 0 Å². The Kier molecular flexibility index (Phi) is 4.78. The highest BCUT2D eigenvalue weighted by Crippen LogP contribution is 2.66. The van der Waals surface area contributed by atoms with E-state index in [1.54, 1.807) is 0 Å². The fourth-order valence-electron chi connectivity index (χ4n) is 10.4. The first kappa shape index (κ1) is 21.1. The van der Waals surface area contributed by atoms with Crippen molar-refractivity contribution in [2.24, 2.45) is 52.8 Å². The molecule has 0 radical (unpaired) electrons. The van der Waals surface area contributed by atoms with E-state index < -0.39 is 5.60 Å². The zero-order chi connectivity index (χ0) is 21.7. The van der Waals surface area contributed by atoms with Crippen LogP contribution in [0.25, 0.3) is 0 Å². The highest BCUT2D eigenvalue weighted by molar-refractivity contribution is 5.83. The molecule has 0 amide bonds. The van der Waals surface area contributed by atoms with Gasteiger partial charge in [-0.15, -0.1) is 0 Å². The molecule has 4 saturated carbocycles. The molecule has 6 rings (SSSR count). The second kappa shape index (κ2) is 7.03. The van der Waals surface area contributed by atoms with Crippen molar-refractivity contribution in [3.63, 3.8) is 0 Å². The highest BCUT2D eigenvalue weighted by Gasteiger charge is 2.64. The monoisotopic (exact) mass is 429 g/mol. The summed E-state index contributed by atoms with van der Waals surface area (Å²) in [7, 11) is 0. The third-order valence-electron chi connectivity index (χ3n) is 11.8. The van der Waals surface area contributed by atoms with Crippen LogP contribution in [0.3, 0.4) is 0 Å². The minimum Gasteiger partial charge on any atom is -0.393 e. The second-order valence-electron chi connectivity index (χ2n) is 13.2. The van der Waals surface area contributed by atoms with Crippen LogP contribution in [-0.4, -0.2) is 51.7 Å². The zero-order valence-corrected chi connectivity index (χ0v) is 19.8. The lowest BCUT2D eigenvalue weighted by molar-refractivity contribution is -0.175. The summed E-state index contributed by atoms with van der Waals surface area (Å²) in [6.07, 6.45) is 9.08. The third kappa shape index (κ3) is 2.93. The molecule has 0 aromatic carbocycles. The van der Waals surface area contributed by atoms with Crippen LogP contribution in [0.1, 0.15) is 78.6 Å². The smallest absolute Gasteiger partial charge is 0.136 e. The maximum absolute atomic E-state index is 13.2. The van der Waals surface area contributed by atoms with Crippen molar-refractivity contribution in [2.75, 3.05) is 13.1 Å². The summed E-state index contributed by atoms with van der Waals surface area (Å²) >= 11 is 0. The molecule has 31 heavy (non-hydrogen) atoms. The lowest BCUT2D eigenvalue weighted by Crippen LogP contribution is -2.67. The molecule has 2 aliphatic heterocycles. The molecular formula is C27H43NO3. The Hall–Kier alpha value is -0.450. The fourth-order valence-corrected chi connectivity index (χ4v) is 10.4. The Labute approximate surface area is 188 Å². The first-order valence-electron chi connectivity index (χ1n) is 13.4. The molecule has 2 saturated heterocycles. The molecule has 4 nitrogen and oxygen atoms in total. The van der Waals surface area contributed by atoms with Crippen LogP contribution in [-0.2, 0) is 4.79 Å². The van der Waals surface area contributed by atoms with Crippen molar-refractivity contribution in [2.45, 2.75) is 96.3 Å². The number of aliphatic hydroxyl groups is 2. The normalized spacial score (nSPS) is 59.2. The Morgan fingerprint density at radius 3 is 2.52 bits per heavy atom.